The van der Waals surface area contributed by atoms with E-state index in [4.69, 9.17) is 11.5 Å². The predicted octanol–water partition coefficient (Wildman–Crippen LogP) is 0.000200. The SMILES string of the molecule is NC(=O)Cc1[nH]c2cc(O)ccc2c1C(N)=O. The van der Waals surface area contributed by atoms with Gasteiger partial charge < -0.3 is 21.6 Å². The molecule has 0 aliphatic carbocycles. The number of H-pyrrole nitrogens is 1. The third-order valence-corrected chi connectivity index (χ3v) is 2.46. The van der Waals surface area contributed by atoms with E-state index >= 15 is 0 Å². The maximum absolute atomic E-state index is 11.4. The van der Waals surface area contributed by atoms with Gasteiger partial charge in [-0.3, -0.25) is 9.59 Å². The van der Waals surface area contributed by atoms with Gasteiger partial charge in [-0.1, -0.05) is 0 Å². The number of benzene rings is 1. The largest absolute Gasteiger partial charge is 0.508 e. The average molecular weight is 233 g/mol. The number of carbonyl (C=O) groups is 2. The van der Waals surface area contributed by atoms with Gasteiger partial charge in [0.25, 0.3) is 5.91 Å². The van der Waals surface area contributed by atoms with E-state index in [1.165, 1.54) is 12.1 Å². The molecule has 0 spiro atoms. The van der Waals surface area contributed by atoms with Crippen molar-refractivity contribution >= 4 is 22.7 Å². The fourth-order valence-corrected chi connectivity index (χ4v) is 1.83. The molecule has 0 radical (unpaired) electrons. The number of aromatic amines is 1. The standard InChI is InChI=1S/C11H11N3O3/c12-9(16)4-8-10(11(13)17)6-2-1-5(15)3-7(6)14-8/h1-3,14-15H,4H2,(H2,12,16)(H2,13,17). The molecule has 0 unspecified atom stereocenters. The molecule has 0 fully saturated rings. The smallest absolute Gasteiger partial charge is 0.251 e. The molecule has 0 atom stereocenters. The first kappa shape index (κ1) is 11.0. The number of amides is 2. The van der Waals surface area contributed by atoms with Crippen LogP contribution in [0, 0.1) is 0 Å². The Kier molecular flexibility index (Phi) is 2.47. The van der Waals surface area contributed by atoms with Gasteiger partial charge in [-0.15, -0.1) is 0 Å². The lowest BCUT2D eigenvalue weighted by Gasteiger charge is -1.97. The number of nitrogens with one attached hydrogen (secondary N) is 1. The highest BCUT2D eigenvalue weighted by Crippen LogP contribution is 2.25. The van der Waals surface area contributed by atoms with Crippen LogP contribution in [-0.4, -0.2) is 21.9 Å². The highest BCUT2D eigenvalue weighted by atomic mass is 16.3. The third kappa shape index (κ3) is 1.92. The van der Waals surface area contributed by atoms with Gasteiger partial charge in [-0.05, 0) is 12.1 Å². The summed E-state index contributed by atoms with van der Waals surface area (Å²) in [6.07, 6.45) is -0.103. The first-order valence-electron chi connectivity index (χ1n) is 4.90. The second-order valence-electron chi connectivity index (χ2n) is 3.72. The van der Waals surface area contributed by atoms with Crippen LogP contribution in [0.4, 0.5) is 0 Å². The summed E-state index contributed by atoms with van der Waals surface area (Å²) >= 11 is 0. The van der Waals surface area contributed by atoms with Gasteiger partial charge in [-0.2, -0.15) is 0 Å². The number of fused-ring (bicyclic) bond motifs is 1. The second kappa shape index (κ2) is 3.82. The lowest BCUT2D eigenvalue weighted by atomic mass is 10.1. The molecule has 2 aromatic rings. The Balaban J connectivity index is 2.70. The Hall–Kier alpha value is -2.50. The number of phenols is 1. The predicted molar refractivity (Wildman–Crippen MR) is 61.4 cm³/mol. The summed E-state index contributed by atoms with van der Waals surface area (Å²) in [4.78, 5) is 25.1. The average Bonchev–Trinajstić information content (AvgIpc) is 2.53. The van der Waals surface area contributed by atoms with E-state index in [-0.39, 0.29) is 17.7 Å². The van der Waals surface area contributed by atoms with E-state index in [0.29, 0.717) is 16.6 Å². The number of hydrogen-bond acceptors (Lipinski definition) is 3. The van der Waals surface area contributed by atoms with Crippen molar-refractivity contribution in [2.75, 3.05) is 0 Å². The zero-order chi connectivity index (χ0) is 12.6. The number of nitrogens with two attached hydrogens (primary N) is 2. The highest BCUT2D eigenvalue weighted by Gasteiger charge is 2.17. The molecule has 0 aliphatic heterocycles. The van der Waals surface area contributed by atoms with Crippen LogP contribution in [0.1, 0.15) is 16.1 Å². The minimum Gasteiger partial charge on any atom is -0.508 e. The topological polar surface area (TPSA) is 122 Å². The van der Waals surface area contributed by atoms with Gasteiger partial charge in [0.1, 0.15) is 5.75 Å². The number of carbonyl (C=O) groups excluding carboxylic acids is 2. The van der Waals surface area contributed by atoms with E-state index in [1.54, 1.807) is 6.07 Å². The van der Waals surface area contributed by atoms with Gasteiger partial charge in [0.15, 0.2) is 0 Å². The minimum absolute atomic E-state index is 0.0559. The summed E-state index contributed by atoms with van der Waals surface area (Å²) in [5.41, 5.74) is 11.5. The number of hydrogen-bond donors (Lipinski definition) is 4. The zero-order valence-corrected chi connectivity index (χ0v) is 8.86. The van der Waals surface area contributed by atoms with Gasteiger partial charge >= 0.3 is 0 Å². The molecule has 17 heavy (non-hydrogen) atoms. The fraction of sp³-hybridized carbons (Fsp3) is 0.0909. The maximum atomic E-state index is 11.4. The first-order valence-corrected chi connectivity index (χ1v) is 4.90. The molecule has 88 valence electrons. The van der Waals surface area contributed by atoms with Crippen LogP contribution >= 0.6 is 0 Å². The Morgan fingerprint density at radius 2 is 2.00 bits per heavy atom. The monoisotopic (exact) mass is 233 g/mol. The number of rotatable bonds is 3. The van der Waals surface area contributed by atoms with Gasteiger partial charge in [0.05, 0.1) is 17.5 Å². The molecule has 2 rings (SSSR count). The van der Waals surface area contributed by atoms with Crippen molar-refractivity contribution in [3.05, 3.63) is 29.5 Å². The number of primary amides is 2. The molecular weight excluding hydrogens is 222 g/mol. The van der Waals surface area contributed by atoms with Crippen LogP contribution in [0.5, 0.6) is 5.75 Å². The van der Waals surface area contributed by atoms with Crippen molar-refractivity contribution in [1.82, 2.24) is 4.98 Å². The van der Waals surface area contributed by atoms with Crippen molar-refractivity contribution in [1.29, 1.82) is 0 Å². The van der Waals surface area contributed by atoms with Crippen LogP contribution in [-0.2, 0) is 11.2 Å². The molecule has 6 N–H and O–H groups in total. The van der Waals surface area contributed by atoms with Crippen molar-refractivity contribution in [2.45, 2.75) is 6.42 Å². The van der Waals surface area contributed by atoms with E-state index < -0.39 is 11.8 Å². The van der Waals surface area contributed by atoms with E-state index in [2.05, 4.69) is 4.98 Å². The normalized spacial score (nSPS) is 10.6. The Bertz CT molecular complexity index is 616. The molecule has 1 aromatic carbocycles. The molecule has 0 aliphatic rings. The van der Waals surface area contributed by atoms with Gasteiger partial charge in [0.2, 0.25) is 5.91 Å². The van der Waals surface area contributed by atoms with Gasteiger partial charge in [-0.25, -0.2) is 0 Å². The number of phenolic OH excluding ortho intramolecular Hbond substituents is 1. The van der Waals surface area contributed by atoms with E-state index in [1.807, 2.05) is 0 Å². The van der Waals surface area contributed by atoms with Gasteiger partial charge in [0, 0.05) is 17.1 Å². The molecule has 6 heteroatoms. The van der Waals surface area contributed by atoms with Crippen molar-refractivity contribution < 1.29 is 14.7 Å². The summed E-state index contributed by atoms with van der Waals surface area (Å²) in [6.45, 7) is 0. The maximum Gasteiger partial charge on any atom is 0.251 e. The van der Waals surface area contributed by atoms with Crippen LogP contribution < -0.4 is 11.5 Å². The molecule has 1 heterocycles. The fourth-order valence-electron chi connectivity index (χ4n) is 1.83. The summed E-state index contributed by atoms with van der Waals surface area (Å²) in [5, 5.41) is 9.88. The Morgan fingerprint density at radius 3 is 2.59 bits per heavy atom. The Morgan fingerprint density at radius 1 is 1.29 bits per heavy atom. The summed E-state index contributed by atoms with van der Waals surface area (Å²) in [6, 6.07) is 4.45. The van der Waals surface area contributed by atoms with Crippen molar-refractivity contribution in [3.63, 3.8) is 0 Å². The molecule has 0 saturated carbocycles. The highest BCUT2D eigenvalue weighted by molar-refractivity contribution is 6.08. The molecular formula is C11H11N3O3. The third-order valence-electron chi connectivity index (χ3n) is 2.46. The van der Waals surface area contributed by atoms with Crippen LogP contribution in [0.3, 0.4) is 0 Å². The van der Waals surface area contributed by atoms with Crippen molar-refractivity contribution in [3.8, 4) is 5.75 Å². The molecule has 2 amide bonds. The van der Waals surface area contributed by atoms with Crippen LogP contribution in [0.2, 0.25) is 0 Å². The summed E-state index contributed by atoms with van der Waals surface area (Å²) < 4.78 is 0. The molecule has 6 nitrogen and oxygen atoms in total. The second-order valence-corrected chi connectivity index (χ2v) is 3.72. The number of aromatic nitrogens is 1. The molecule has 0 bridgehead atoms. The lowest BCUT2D eigenvalue weighted by Crippen LogP contribution is -2.18. The van der Waals surface area contributed by atoms with E-state index in [9.17, 15) is 14.7 Å². The Labute approximate surface area is 96.2 Å². The van der Waals surface area contributed by atoms with Crippen LogP contribution in [0.25, 0.3) is 10.9 Å². The first-order chi connectivity index (χ1) is 7.99. The zero-order valence-electron chi connectivity index (χ0n) is 8.86. The lowest BCUT2D eigenvalue weighted by molar-refractivity contribution is -0.117. The van der Waals surface area contributed by atoms with Crippen LogP contribution in [0.15, 0.2) is 18.2 Å². The quantitative estimate of drug-likeness (QED) is 0.596. The minimum atomic E-state index is -0.641. The molecule has 0 saturated heterocycles. The molecule has 1 aromatic heterocycles. The van der Waals surface area contributed by atoms with Crippen molar-refractivity contribution in [2.24, 2.45) is 11.5 Å². The summed E-state index contributed by atoms with van der Waals surface area (Å²) in [5.74, 6) is -1.15. The number of aromatic hydroxyl groups is 1. The van der Waals surface area contributed by atoms with E-state index in [0.717, 1.165) is 0 Å². The summed E-state index contributed by atoms with van der Waals surface area (Å²) in [7, 11) is 0.